The predicted molar refractivity (Wildman–Crippen MR) is 123 cm³/mol. The predicted octanol–water partition coefficient (Wildman–Crippen LogP) is 4.45. The number of carbonyl (C=O) groups is 2. The Labute approximate surface area is 186 Å². The highest BCUT2D eigenvalue weighted by atomic mass is 79.9. The number of nitrogens with zero attached hydrogens (tertiary/aromatic N) is 1. The van der Waals surface area contributed by atoms with Crippen molar-refractivity contribution in [2.45, 2.75) is 46.8 Å². The molecule has 0 fully saturated rings. The van der Waals surface area contributed by atoms with Gasteiger partial charge in [0.05, 0.1) is 16.8 Å². The number of halogens is 1. The van der Waals surface area contributed by atoms with Crippen molar-refractivity contribution in [3.05, 3.63) is 63.6 Å². The lowest BCUT2D eigenvalue weighted by molar-refractivity contribution is -0.123. The van der Waals surface area contributed by atoms with Crippen LogP contribution in [0.1, 0.15) is 49.2 Å². The van der Waals surface area contributed by atoms with E-state index in [9.17, 15) is 9.59 Å². The molecule has 0 saturated carbocycles. The summed E-state index contributed by atoms with van der Waals surface area (Å²) in [5.74, 6) is -0.0286. The average Bonchev–Trinajstić information content (AvgIpc) is 2.67. The number of hydrogen-bond acceptors (Lipinski definition) is 4. The van der Waals surface area contributed by atoms with Gasteiger partial charge in [-0.1, -0.05) is 31.5 Å². The Bertz CT molecular complexity index is 908. The molecule has 30 heavy (non-hydrogen) atoms. The highest BCUT2D eigenvalue weighted by Crippen LogP contribution is 2.26. The molecule has 0 heterocycles. The topological polar surface area (TPSA) is 79.8 Å². The monoisotopic (exact) mass is 473 g/mol. The van der Waals surface area contributed by atoms with Crippen LogP contribution in [0, 0.1) is 12.8 Å². The fourth-order valence-electron chi connectivity index (χ4n) is 2.65. The maximum absolute atomic E-state index is 12.6. The highest BCUT2D eigenvalue weighted by molar-refractivity contribution is 9.10. The molecule has 1 atom stereocenters. The lowest BCUT2D eigenvalue weighted by atomic mass is 10.0. The number of rotatable bonds is 8. The van der Waals surface area contributed by atoms with E-state index in [0.717, 1.165) is 21.3 Å². The van der Waals surface area contributed by atoms with Gasteiger partial charge < -0.3 is 10.1 Å². The Morgan fingerprint density at radius 3 is 2.30 bits per heavy atom. The number of benzene rings is 2. The minimum atomic E-state index is -0.704. The van der Waals surface area contributed by atoms with Crippen molar-refractivity contribution in [1.82, 2.24) is 10.7 Å². The van der Waals surface area contributed by atoms with E-state index in [-0.39, 0.29) is 23.8 Å². The molecule has 7 heteroatoms. The smallest absolute Gasteiger partial charge is 0.262 e. The second-order valence-electron chi connectivity index (χ2n) is 7.65. The summed E-state index contributed by atoms with van der Waals surface area (Å²) in [7, 11) is 0. The molecular weight excluding hydrogens is 446 g/mol. The third-order valence-electron chi connectivity index (χ3n) is 4.26. The van der Waals surface area contributed by atoms with Crippen LogP contribution >= 0.6 is 15.9 Å². The molecule has 2 aromatic carbocycles. The maximum Gasteiger partial charge on any atom is 0.262 e. The Kier molecular flexibility index (Phi) is 8.59. The van der Waals surface area contributed by atoms with E-state index in [0.29, 0.717) is 5.56 Å². The van der Waals surface area contributed by atoms with Crippen LogP contribution in [-0.2, 0) is 4.79 Å². The molecule has 6 nitrogen and oxygen atoms in total. The molecule has 0 aliphatic rings. The Morgan fingerprint density at radius 1 is 1.07 bits per heavy atom. The summed E-state index contributed by atoms with van der Waals surface area (Å²) >= 11 is 3.47. The number of nitrogens with one attached hydrogen (secondary N) is 2. The second kappa shape index (κ2) is 10.9. The van der Waals surface area contributed by atoms with Crippen LogP contribution in [0.4, 0.5) is 0 Å². The number of ether oxygens (including phenoxy) is 1. The lowest BCUT2D eigenvalue weighted by Gasteiger charge is -2.20. The third-order valence-corrected chi connectivity index (χ3v) is 4.88. The molecule has 160 valence electrons. The summed E-state index contributed by atoms with van der Waals surface area (Å²) in [6.45, 7) is 9.61. The van der Waals surface area contributed by atoms with Crippen molar-refractivity contribution in [3.8, 4) is 5.75 Å². The van der Waals surface area contributed by atoms with Crippen LogP contribution in [0.15, 0.2) is 52.0 Å². The van der Waals surface area contributed by atoms with Crippen molar-refractivity contribution in [2.24, 2.45) is 11.0 Å². The largest absolute Gasteiger partial charge is 0.490 e. The van der Waals surface area contributed by atoms with E-state index in [4.69, 9.17) is 4.74 Å². The van der Waals surface area contributed by atoms with Gasteiger partial charge in [-0.25, -0.2) is 5.43 Å². The van der Waals surface area contributed by atoms with E-state index in [2.05, 4.69) is 31.8 Å². The van der Waals surface area contributed by atoms with Crippen molar-refractivity contribution < 1.29 is 14.3 Å². The van der Waals surface area contributed by atoms with Gasteiger partial charge >= 0.3 is 0 Å². The van der Waals surface area contributed by atoms with Crippen molar-refractivity contribution in [2.75, 3.05) is 0 Å². The Hall–Kier alpha value is -2.67. The molecule has 0 aromatic heterocycles. The fraction of sp³-hybridized carbons (Fsp3) is 0.348. The van der Waals surface area contributed by atoms with E-state index in [1.165, 1.54) is 0 Å². The van der Waals surface area contributed by atoms with Gasteiger partial charge in [0.1, 0.15) is 11.8 Å². The Morgan fingerprint density at radius 2 is 1.73 bits per heavy atom. The molecule has 2 rings (SSSR count). The normalized spacial score (nSPS) is 12.3. The van der Waals surface area contributed by atoms with Crippen LogP contribution in [-0.4, -0.2) is 30.2 Å². The SMILES string of the molecule is Cc1ccc(C(=O)NC(C(=O)NN=Cc2ccc(OC(C)C)c(Br)c2)C(C)C)cc1. The van der Waals surface area contributed by atoms with E-state index >= 15 is 0 Å². The minimum absolute atomic E-state index is 0.0724. The van der Waals surface area contributed by atoms with Crippen LogP contribution in [0.25, 0.3) is 0 Å². The van der Waals surface area contributed by atoms with Crippen LogP contribution in [0.2, 0.25) is 0 Å². The maximum atomic E-state index is 12.6. The standard InChI is InChI=1S/C23H28BrN3O3/c1-14(2)21(26-22(28)18-9-6-16(5)7-10-18)23(29)27-25-13-17-8-11-20(19(24)12-17)30-15(3)4/h6-15,21H,1-5H3,(H,26,28)(H,27,29). The third kappa shape index (κ3) is 6.99. The second-order valence-corrected chi connectivity index (χ2v) is 8.51. The molecule has 1 unspecified atom stereocenters. The summed E-state index contributed by atoms with van der Waals surface area (Å²) in [6.07, 6.45) is 1.62. The lowest BCUT2D eigenvalue weighted by Crippen LogP contribution is -2.48. The Balaban J connectivity index is 2.00. The molecule has 0 spiro atoms. The summed E-state index contributed by atoms with van der Waals surface area (Å²) < 4.78 is 6.48. The molecule has 0 bridgehead atoms. The van der Waals surface area contributed by atoms with E-state index < -0.39 is 6.04 Å². The van der Waals surface area contributed by atoms with E-state index in [1.807, 2.05) is 65.0 Å². The zero-order valence-electron chi connectivity index (χ0n) is 17.9. The van der Waals surface area contributed by atoms with Gasteiger partial charge in [0.2, 0.25) is 0 Å². The van der Waals surface area contributed by atoms with Gasteiger partial charge in [-0.05, 0) is 78.5 Å². The van der Waals surface area contributed by atoms with Gasteiger partial charge in [-0.2, -0.15) is 5.10 Å². The number of amides is 2. The first-order chi connectivity index (χ1) is 14.2. The number of carbonyl (C=O) groups excluding carboxylic acids is 2. The molecule has 2 amide bonds. The van der Waals surface area contributed by atoms with Crippen molar-refractivity contribution in [3.63, 3.8) is 0 Å². The molecule has 0 aliphatic heterocycles. The zero-order valence-corrected chi connectivity index (χ0v) is 19.5. The first kappa shape index (κ1) is 23.6. The van der Waals surface area contributed by atoms with Crippen LogP contribution in [0.3, 0.4) is 0 Å². The summed E-state index contributed by atoms with van der Waals surface area (Å²) in [5, 5.41) is 6.82. The molecule has 2 aromatic rings. The highest BCUT2D eigenvalue weighted by Gasteiger charge is 2.24. The summed E-state index contributed by atoms with van der Waals surface area (Å²) in [5.41, 5.74) is 4.88. The van der Waals surface area contributed by atoms with Gasteiger partial charge in [-0.15, -0.1) is 0 Å². The molecule has 0 aliphatic carbocycles. The quantitative estimate of drug-likeness (QED) is 0.438. The van der Waals surface area contributed by atoms with Crippen molar-refractivity contribution in [1.29, 1.82) is 0 Å². The summed E-state index contributed by atoms with van der Waals surface area (Å²) in [6, 6.07) is 12.0. The molecule has 2 N–H and O–H groups in total. The number of hydrazone groups is 1. The number of aryl methyl sites for hydroxylation is 1. The van der Waals surface area contributed by atoms with Crippen LogP contribution in [0.5, 0.6) is 5.75 Å². The van der Waals surface area contributed by atoms with Crippen LogP contribution < -0.4 is 15.5 Å². The minimum Gasteiger partial charge on any atom is -0.490 e. The molecule has 0 radical (unpaired) electrons. The van der Waals surface area contributed by atoms with Gasteiger partial charge in [0, 0.05) is 5.56 Å². The first-order valence-electron chi connectivity index (χ1n) is 9.84. The van der Waals surface area contributed by atoms with Gasteiger partial charge in [0.15, 0.2) is 0 Å². The first-order valence-corrected chi connectivity index (χ1v) is 10.6. The summed E-state index contributed by atoms with van der Waals surface area (Å²) in [4.78, 5) is 25.0. The molecular formula is C23H28BrN3O3. The van der Waals surface area contributed by atoms with Gasteiger partial charge in [-0.3, -0.25) is 9.59 Å². The average molecular weight is 474 g/mol. The van der Waals surface area contributed by atoms with Gasteiger partial charge in [0.25, 0.3) is 11.8 Å². The van der Waals surface area contributed by atoms with Crippen molar-refractivity contribution >= 4 is 34.0 Å². The molecule has 0 saturated heterocycles. The fourth-order valence-corrected chi connectivity index (χ4v) is 3.14. The van der Waals surface area contributed by atoms with E-state index in [1.54, 1.807) is 18.3 Å². The zero-order chi connectivity index (χ0) is 22.3. The number of hydrogen-bond donors (Lipinski definition) is 2.